The third-order valence-corrected chi connectivity index (χ3v) is 3.82. The van der Waals surface area contributed by atoms with Crippen molar-refractivity contribution in [3.63, 3.8) is 0 Å². The van der Waals surface area contributed by atoms with Gasteiger partial charge in [0.2, 0.25) is 0 Å². The van der Waals surface area contributed by atoms with Crippen molar-refractivity contribution in [2.24, 2.45) is 0 Å². The molecule has 2 rings (SSSR count). The van der Waals surface area contributed by atoms with Crippen molar-refractivity contribution in [2.75, 3.05) is 39.8 Å². The van der Waals surface area contributed by atoms with E-state index >= 15 is 0 Å². The van der Waals surface area contributed by atoms with Crippen LogP contribution in [0.4, 0.5) is 0 Å². The van der Waals surface area contributed by atoms with Gasteiger partial charge in [-0.1, -0.05) is 0 Å². The topological polar surface area (TPSA) is 18.5 Å². The van der Waals surface area contributed by atoms with E-state index in [0.717, 1.165) is 12.1 Å². The van der Waals surface area contributed by atoms with Crippen LogP contribution in [0.3, 0.4) is 0 Å². The molecule has 2 fully saturated rings. The van der Waals surface area contributed by atoms with Gasteiger partial charge < -0.3 is 10.2 Å². The fraction of sp³-hybridized carbons (Fsp3) is 1.00. The summed E-state index contributed by atoms with van der Waals surface area (Å²) in [4.78, 5) is 5.17. The van der Waals surface area contributed by atoms with Crippen LogP contribution >= 0.6 is 0 Å². The Morgan fingerprint density at radius 3 is 2.50 bits per heavy atom. The minimum atomic E-state index is 0.735. The van der Waals surface area contributed by atoms with Gasteiger partial charge in [0.1, 0.15) is 0 Å². The normalized spacial score (nSPS) is 33.4. The van der Waals surface area contributed by atoms with Crippen LogP contribution in [0.15, 0.2) is 0 Å². The molecule has 82 valence electrons. The Hall–Kier alpha value is -0.120. The molecule has 0 aromatic carbocycles. The summed E-state index contributed by atoms with van der Waals surface area (Å²) in [6.45, 7) is 8.54. The van der Waals surface area contributed by atoms with E-state index in [1.165, 1.54) is 45.6 Å². The zero-order chi connectivity index (χ0) is 9.97. The van der Waals surface area contributed by atoms with Gasteiger partial charge in [0, 0.05) is 31.7 Å². The van der Waals surface area contributed by atoms with Crippen molar-refractivity contribution >= 4 is 0 Å². The van der Waals surface area contributed by atoms with Gasteiger partial charge in [-0.15, -0.1) is 0 Å². The van der Waals surface area contributed by atoms with E-state index in [1.807, 2.05) is 0 Å². The molecule has 0 aliphatic carbocycles. The Labute approximate surface area is 87.4 Å². The third-order valence-electron chi connectivity index (χ3n) is 3.82. The van der Waals surface area contributed by atoms with Crippen LogP contribution < -0.4 is 5.32 Å². The summed E-state index contributed by atoms with van der Waals surface area (Å²) in [5.41, 5.74) is 0. The summed E-state index contributed by atoms with van der Waals surface area (Å²) in [5, 5.41) is 3.44. The SMILES string of the molecule is C[C@H]1CN(C2CCNCC2)CCN1C. The number of piperidine rings is 1. The zero-order valence-corrected chi connectivity index (χ0v) is 9.50. The first-order chi connectivity index (χ1) is 6.77. The first kappa shape index (κ1) is 10.4. The molecular formula is C11H23N3. The van der Waals surface area contributed by atoms with E-state index in [9.17, 15) is 0 Å². The molecule has 14 heavy (non-hydrogen) atoms. The lowest BCUT2D eigenvalue weighted by Gasteiger charge is -2.43. The van der Waals surface area contributed by atoms with Crippen molar-refractivity contribution in [3.05, 3.63) is 0 Å². The molecular weight excluding hydrogens is 174 g/mol. The zero-order valence-electron chi connectivity index (χ0n) is 9.50. The van der Waals surface area contributed by atoms with Crippen molar-refractivity contribution in [1.29, 1.82) is 0 Å². The predicted molar refractivity (Wildman–Crippen MR) is 59.6 cm³/mol. The average molecular weight is 197 g/mol. The van der Waals surface area contributed by atoms with Gasteiger partial charge >= 0.3 is 0 Å². The maximum Gasteiger partial charge on any atom is 0.0192 e. The highest BCUT2D eigenvalue weighted by Gasteiger charge is 2.26. The van der Waals surface area contributed by atoms with E-state index in [0.29, 0.717) is 0 Å². The summed E-state index contributed by atoms with van der Waals surface area (Å²) < 4.78 is 0. The maximum atomic E-state index is 3.44. The van der Waals surface area contributed by atoms with Crippen LogP contribution in [0.2, 0.25) is 0 Å². The van der Waals surface area contributed by atoms with Gasteiger partial charge in [-0.25, -0.2) is 0 Å². The van der Waals surface area contributed by atoms with Gasteiger partial charge in [0.25, 0.3) is 0 Å². The summed E-state index contributed by atoms with van der Waals surface area (Å²) in [6.07, 6.45) is 2.69. The quantitative estimate of drug-likeness (QED) is 0.655. The highest BCUT2D eigenvalue weighted by atomic mass is 15.3. The van der Waals surface area contributed by atoms with Crippen LogP contribution in [0.25, 0.3) is 0 Å². The first-order valence-electron chi connectivity index (χ1n) is 5.92. The monoisotopic (exact) mass is 197 g/mol. The van der Waals surface area contributed by atoms with E-state index in [4.69, 9.17) is 0 Å². The van der Waals surface area contributed by atoms with Crippen LogP contribution in [0, 0.1) is 0 Å². The summed E-state index contributed by atoms with van der Waals surface area (Å²) in [5.74, 6) is 0. The third kappa shape index (κ3) is 2.27. The lowest BCUT2D eigenvalue weighted by atomic mass is 10.0. The molecule has 2 heterocycles. The number of likely N-dealkylation sites (N-methyl/N-ethyl adjacent to an activating group) is 1. The summed E-state index contributed by atoms with van der Waals surface area (Å²) >= 11 is 0. The standard InChI is InChI=1S/C11H23N3/c1-10-9-14(8-7-13(10)2)11-3-5-12-6-4-11/h10-12H,3-9H2,1-2H3/t10-/m0/s1. The summed E-state index contributed by atoms with van der Waals surface area (Å²) in [7, 11) is 2.24. The van der Waals surface area contributed by atoms with Gasteiger partial charge in [-0.05, 0) is 39.9 Å². The molecule has 0 aromatic heterocycles. The van der Waals surface area contributed by atoms with E-state index < -0.39 is 0 Å². The Morgan fingerprint density at radius 1 is 1.14 bits per heavy atom. The van der Waals surface area contributed by atoms with Crippen molar-refractivity contribution in [2.45, 2.75) is 31.8 Å². The summed E-state index contributed by atoms with van der Waals surface area (Å²) in [6, 6.07) is 1.59. The van der Waals surface area contributed by atoms with Gasteiger partial charge in [-0.2, -0.15) is 0 Å². The molecule has 3 nitrogen and oxygen atoms in total. The second-order valence-electron chi connectivity index (χ2n) is 4.81. The number of hydrogen-bond donors (Lipinski definition) is 1. The number of nitrogens with zero attached hydrogens (tertiary/aromatic N) is 2. The fourth-order valence-electron chi connectivity index (χ4n) is 2.58. The first-order valence-corrected chi connectivity index (χ1v) is 5.92. The number of nitrogens with one attached hydrogen (secondary N) is 1. The van der Waals surface area contributed by atoms with Gasteiger partial charge in [0.15, 0.2) is 0 Å². The van der Waals surface area contributed by atoms with Crippen LogP contribution in [-0.2, 0) is 0 Å². The molecule has 0 radical (unpaired) electrons. The lowest BCUT2D eigenvalue weighted by Crippen LogP contribution is -2.55. The Kier molecular flexibility index (Phi) is 3.42. The molecule has 2 saturated heterocycles. The van der Waals surface area contributed by atoms with Gasteiger partial charge in [-0.3, -0.25) is 4.90 Å². The largest absolute Gasteiger partial charge is 0.317 e. The van der Waals surface area contributed by atoms with Crippen LogP contribution in [0.5, 0.6) is 0 Å². The molecule has 0 spiro atoms. The van der Waals surface area contributed by atoms with Crippen molar-refractivity contribution in [1.82, 2.24) is 15.1 Å². The van der Waals surface area contributed by atoms with E-state index in [2.05, 4.69) is 29.1 Å². The molecule has 0 amide bonds. The highest BCUT2D eigenvalue weighted by Crippen LogP contribution is 2.16. The molecule has 3 heteroatoms. The van der Waals surface area contributed by atoms with E-state index in [-0.39, 0.29) is 0 Å². The molecule has 0 aromatic rings. The average Bonchev–Trinajstić information content (AvgIpc) is 2.23. The predicted octanol–water partition coefficient (Wildman–Crippen LogP) is 0.374. The van der Waals surface area contributed by atoms with Crippen LogP contribution in [0.1, 0.15) is 19.8 Å². The number of piperazine rings is 1. The second kappa shape index (κ2) is 4.60. The Bertz CT molecular complexity index is 177. The minimum absolute atomic E-state index is 0.735. The molecule has 2 aliphatic rings. The minimum Gasteiger partial charge on any atom is -0.317 e. The number of hydrogen-bond acceptors (Lipinski definition) is 3. The lowest BCUT2D eigenvalue weighted by molar-refractivity contribution is 0.0603. The fourth-order valence-corrected chi connectivity index (χ4v) is 2.58. The highest BCUT2D eigenvalue weighted by molar-refractivity contribution is 4.84. The number of rotatable bonds is 1. The second-order valence-corrected chi connectivity index (χ2v) is 4.81. The smallest absolute Gasteiger partial charge is 0.0192 e. The molecule has 0 bridgehead atoms. The maximum absolute atomic E-state index is 3.44. The molecule has 2 aliphatic heterocycles. The van der Waals surface area contributed by atoms with Crippen LogP contribution in [-0.4, -0.2) is 61.7 Å². The van der Waals surface area contributed by atoms with E-state index in [1.54, 1.807) is 0 Å². The molecule has 0 unspecified atom stereocenters. The molecule has 1 N–H and O–H groups in total. The molecule has 0 saturated carbocycles. The van der Waals surface area contributed by atoms with Gasteiger partial charge in [0.05, 0.1) is 0 Å². The Balaban J connectivity index is 1.85. The van der Waals surface area contributed by atoms with Crippen molar-refractivity contribution in [3.8, 4) is 0 Å². The van der Waals surface area contributed by atoms with Crippen molar-refractivity contribution < 1.29 is 0 Å². The Morgan fingerprint density at radius 2 is 1.86 bits per heavy atom. The molecule has 1 atom stereocenters.